The topological polar surface area (TPSA) is 109 Å². The van der Waals surface area contributed by atoms with Crippen LogP contribution in [0.5, 0.6) is 11.5 Å². The molecule has 2 unspecified atom stereocenters. The lowest BCUT2D eigenvalue weighted by Crippen LogP contribution is -2.37. The van der Waals surface area contributed by atoms with Crippen molar-refractivity contribution in [3.05, 3.63) is 149 Å². The lowest BCUT2D eigenvalue weighted by atomic mass is 9.76. The van der Waals surface area contributed by atoms with Gasteiger partial charge in [0.1, 0.15) is 17.2 Å². The Morgan fingerprint density at radius 1 is 0.776 bits per heavy atom. The minimum Gasteiger partial charge on any atom is -0.480 e. The van der Waals surface area contributed by atoms with Gasteiger partial charge in [-0.05, 0) is 97.2 Å². The molecule has 3 amide bonds. The molecule has 0 saturated heterocycles. The zero-order valence-electron chi connectivity index (χ0n) is 34.8. The molecular formula is C49H54N4O5. The molecule has 0 spiro atoms. The number of benzene rings is 5. The minimum absolute atomic E-state index is 0.00954. The Morgan fingerprint density at radius 2 is 1.43 bits per heavy atom. The summed E-state index contributed by atoms with van der Waals surface area (Å²) in [6, 6.07) is 36.9. The zero-order valence-corrected chi connectivity index (χ0v) is 34.8. The number of nitrogens with zero attached hydrogens (tertiary/aromatic N) is 2. The van der Waals surface area contributed by atoms with Gasteiger partial charge in [-0.2, -0.15) is 10.1 Å². The number of anilines is 3. The maximum atomic E-state index is 14.4. The number of hydrogen-bond donors (Lipinski definition) is 2. The molecule has 0 saturated carbocycles. The lowest BCUT2D eigenvalue weighted by Gasteiger charge is -2.31. The number of hydrazone groups is 1. The van der Waals surface area contributed by atoms with Crippen molar-refractivity contribution >= 4 is 40.5 Å². The fourth-order valence-corrected chi connectivity index (χ4v) is 6.63. The first-order valence-electron chi connectivity index (χ1n) is 20.1. The van der Waals surface area contributed by atoms with E-state index in [1.165, 1.54) is 10.6 Å². The number of ether oxygens (including phenoxy) is 2. The van der Waals surface area contributed by atoms with E-state index in [-0.39, 0.29) is 22.6 Å². The van der Waals surface area contributed by atoms with Crippen LogP contribution in [-0.4, -0.2) is 35.6 Å². The monoisotopic (exact) mass is 778 g/mol. The van der Waals surface area contributed by atoms with Crippen molar-refractivity contribution in [3.63, 3.8) is 0 Å². The molecular weight excluding hydrogens is 725 g/mol. The fourth-order valence-electron chi connectivity index (χ4n) is 6.63. The van der Waals surface area contributed by atoms with Crippen molar-refractivity contribution in [2.24, 2.45) is 5.10 Å². The van der Waals surface area contributed by atoms with Gasteiger partial charge in [0.25, 0.3) is 17.7 Å². The molecule has 2 atom stereocenters. The average Bonchev–Trinajstić information content (AvgIpc) is 3.55. The van der Waals surface area contributed by atoms with E-state index in [0.29, 0.717) is 51.8 Å². The van der Waals surface area contributed by atoms with Crippen molar-refractivity contribution in [1.82, 2.24) is 0 Å². The van der Waals surface area contributed by atoms with E-state index >= 15 is 0 Å². The summed E-state index contributed by atoms with van der Waals surface area (Å²) in [5.41, 5.74) is 6.00. The Kier molecular flexibility index (Phi) is 12.5. The number of carbonyl (C=O) groups is 3. The number of nitrogens with one attached hydrogen (secondary N) is 2. The van der Waals surface area contributed by atoms with E-state index in [9.17, 15) is 14.4 Å². The molecule has 9 nitrogen and oxygen atoms in total. The minimum atomic E-state index is -1.11. The predicted octanol–water partition coefficient (Wildman–Crippen LogP) is 10.6. The number of aryl methyl sites for hydroxylation is 1. The summed E-state index contributed by atoms with van der Waals surface area (Å²) in [5.74, 6) is 0.132. The van der Waals surface area contributed by atoms with Crippen LogP contribution in [0.25, 0.3) is 0 Å². The van der Waals surface area contributed by atoms with Gasteiger partial charge in [-0.15, -0.1) is 0 Å². The highest BCUT2D eigenvalue weighted by Crippen LogP contribution is 2.39. The Morgan fingerprint density at radius 3 is 2.09 bits per heavy atom. The normalized spacial score (nSPS) is 14.8. The average molecular weight is 779 g/mol. The van der Waals surface area contributed by atoms with Crippen LogP contribution < -0.4 is 25.1 Å². The van der Waals surface area contributed by atoms with Gasteiger partial charge in [-0.3, -0.25) is 14.4 Å². The molecule has 0 aliphatic carbocycles. The van der Waals surface area contributed by atoms with Gasteiger partial charge in [0.05, 0.1) is 11.4 Å². The zero-order chi connectivity index (χ0) is 41.6. The van der Waals surface area contributed by atoms with Gasteiger partial charge in [0.2, 0.25) is 6.10 Å². The van der Waals surface area contributed by atoms with Gasteiger partial charge < -0.3 is 20.1 Å². The molecule has 0 radical (unpaired) electrons. The standard InChI is InChI=1S/C49H54N4O5/c1-9-41(58-42-30-27-35(48(5,6)10-2)31-38(42)49(7,8)11-3)46(55)51-39-19-15-16-20-40(39)53-47(56)44(57-37-28-21-32(4)22-29-37)43(52-53)33-23-25-34(26-24-33)45(54)50-36-17-13-12-14-18-36/h12-31,41,44H,9-11H2,1-8H3,(H,50,54)(H,51,55). The number of hydrogen-bond acceptors (Lipinski definition) is 6. The Labute approximate surface area is 342 Å². The number of rotatable bonds is 15. The van der Waals surface area contributed by atoms with Gasteiger partial charge >= 0.3 is 0 Å². The number of carbonyl (C=O) groups excluding carboxylic acids is 3. The summed E-state index contributed by atoms with van der Waals surface area (Å²) in [5, 5.41) is 12.0. The summed E-state index contributed by atoms with van der Waals surface area (Å²) < 4.78 is 12.9. The number of para-hydroxylation sites is 3. The highest BCUT2D eigenvalue weighted by atomic mass is 16.5. The third kappa shape index (κ3) is 9.15. The largest absolute Gasteiger partial charge is 0.480 e. The smallest absolute Gasteiger partial charge is 0.294 e. The molecule has 0 aromatic heterocycles. The molecule has 1 aliphatic heterocycles. The maximum absolute atomic E-state index is 14.4. The highest BCUT2D eigenvalue weighted by Gasteiger charge is 2.41. The van der Waals surface area contributed by atoms with E-state index in [0.717, 1.165) is 24.0 Å². The van der Waals surface area contributed by atoms with Crippen molar-refractivity contribution in [2.75, 3.05) is 15.6 Å². The van der Waals surface area contributed by atoms with Crippen LogP contribution in [0.15, 0.2) is 126 Å². The molecule has 1 aliphatic rings. The van der Waals surface area contributed by atoms with Crippen LogP contribution in [-0.2, 0) is 20.4 Å². The van der Waals surface area contributed by atoms with Crippen molar-refractivity contribution in [1.29, 1.82) is 0 Å². The van der Waals surface area contributed by atoms with E-state index in [4.69, 9.17) is 14.6 Å². The van der Waals surface area contributed by atoms with Gasteiger partial charge in [-0.25, -0.2) is 0 Å². The van der Waals surface area contributed by atoms with Crippen LogP contribution in [0.3, 0.4) is 0 Å². The van der Waals surface area contributed by atoms with Gasteiger partial charge in [0, 0.05) is 22.4 Å². The molecule has 0 bridgehead atoms. The molecule has 0 fully saturated rings. The summed E-state index contributed by atoms with van der Waals surface area (Å²) in [6.07, 6.45) is 0.378. The van der Waals surface area contributed by atoms with E-state index < -0.39 is 18.1 Å². The summed E-state index contributed by atoms with van der Waals surface area (Å²) >= 11 is 0. The SMILES string of the molecule is CCC(Oc1ccc(C(C)(C)CC)cc1C(C)(C)CC)C(=O)Nc1ccccc1N1N=C(c2ccc(C(=O)Nc3ccccc3)cc2)C(Oc2ccc(C)cc2)C1=O. The van der Waals surface area contributed by atoms with Crippen molar-refractivity contribution in [3.8, 4) is 11.5 Å². The van der Waals surface area contributed by atoms with E-state index in [2.05, 4.69) is 64.3 Å². The molecule has 1 heterocycles. The Bertz CT molecular complexity index is 2280. The Balaban J connectivity index is 1.29. The van der Waals surface area contributed by atoms with Gasteiger partial charge in [-0.1, -0.05) is 121 Å². The second-order valence-electron chi connectivity index (χ2n) is 16.1. The molecule has 6 rings (SSSR count). The molecule has 5 aromatic carbocycles. The Hall–Kier alpha value is -6.22. The highest BCUT2D eigenvalue weighted by molar-refractivity contribution is 6.25. The van der Waals surface area contributed by atoms with Crippen LogP contribution in [0.1, 0.15) is 100 Å². The molecule has 58 heavy (non-hydrogen) atoms. The second kappa shape index (κ2) is 17.5. The third-order valence-electron chi connectivity index (χ3n) is 11.2. The third-order valence-corrected chi connectivity index (χ3v) is 11.2. The van der Waals surface area contributed by atoms with Crippen LogP contribution in [0.4, 0.5) is 17.1 Å². The van der Waals surface area contributed by atoms with Crippen LogP contribution in [0, 0.1) is 6.92 Å². The van der Waals surface area contributed by atoms with Crippen LogP contribution >= 0.6 is 0 Å². The maximum Gasteiger partial charge on any atom is 0.294 e. The van der Waals surface area contributed by atoms with Crippen LogP contribution in [0.2, 0.25) is 0 Å². The van der Waals surface area contributed by atoms with Crippen molar-refractivity contribution < 1.29 is 23.9 Å². The first-order valence-corrected chi connectivity index (χ1v) is 20.1. The molecule has 2 N–H and O–H groups in total. The van der Waals surface area contributed by atoms with Crippen molar-refractivity contribution in [2.45, 2.75) is 97.7 Å². The fraction of sp³-hybridized carbons (Fsp3) is 0.306. The van der Waals surface area contributed by atoms with E-state index in [1.54, 1.807) is 48.5 Å². The summed E-state index contributed by atoms with van der Waals surface area (Å²) in [4.78, 5) is 41.5. The first kappa shape index (κ1) is 41.4. The first-order chi connectivity index (χ1) is 27.7. The number of amides is 3. The quantitative estimate of drug-likeness (QED) is 0.110. The summed E-state index contributed by atoms with van der Waals surface area (Å²) in [6.45, 7) is 17.1. The molecule has 300 valence electrons. The van der Waals surface area contributed by atoms with Gasteiger partial charge in [0.15, 0.2) is 6.10 Å². The van der Waals surface area contributed by atoms with E-state index in [1.807, 2.05) is 74.5 Å². The lowest BCUT2D eigenvalue weighted by molar-refractivity contribution is -0.123. The molecule has 5 aromatic rings. The summed E-state index contributed by atoms with van der Waals surface area (Å²) in [7, 11) is 0. The second-order valence-corrected chi connectivity index (χ2v) is 16.1. The molecule has 9 heteroatoms. The predicted molar refractivity (Wildman–Crippen MR) is 233 cm³/mol.